The average Bonchev–Trinajstić information content (AvgIpc) is 2.07. The molecule has 0 radical (unpaired) electrons. The molecular weight excluding hydrogens is 275 g/mol. The quantitative estimate of drug-likeness (QED) is 0.417. The van der Waals surface area contributed by atoms with Gasteiger partial charge in [0.15, 0.2) is 0 Å². The number of ether oxygens (including phenoxy) is 1. The van der Waals surface area contributed by atoms with Crippen molar-refractivity contribution in [3.63, 3.8) is 0 Å². The van der Waals surface area contributed by atoms with E-state index in [9.17, 15) is 21.2 Å². The van der Waals surface area contributed by atoms with E-state index in [-0.39, 0.29) is 6.61 Å². The molecule has 0 aromatic heterocycles. The molecule has 1 rings (SSSR count). The van der Waals surface area contributed by atoms with Gasteiger partial charge in [-0.25, -0.2) is 4.39 Å². The minimum atomic E-state index is -5.67. The number of hydrogen-bond donors (Lipinski definition) is 0. The Morgan fingerprint density at radius 2 is 1.88 bits per heavy atom. The fourth-order valence-electron chi connectivity index (χ4n) is 0.906. The van der Waals surface area contributed by atoms with Crippen LogP contribution in [0.4, 0.5) is 21.2 Å². The van der Waals surface area contributed by atoms with Crippen LogP contribution in [-0.4, -0.2) is 25.2 Å². The molecule has 0 N–H and O–H groups in total. The van der Waals surface area contributed by atoms with Crippen molar-refractivity contribution >= 4 is 21.9 Å². The Morgan fingerprint density at radius 1 is 1.25 bits per heavy atom. The summed E-state index contributed by atoms with van der Waals surface area (Å²) in [5.41, 5.74) is 0. The standard InChI is InChI=1S/C5H8F5N3OP2/c1-2-14-4-3-11-15(7,8)13-16(9,10)12-5(4)6/h3-5H,2H2,1H3/b11-3+. The van der Waals surface area contributed by atoms with Crippen molar-refractivity contribution < 1.29 is 25.9 Å². The van der Waals surface area contributed by atoms with Crippen LogP contribution in [0.25, 0.3) is 0 Å². The lowest BCUT2D eigenvalue weighted by Gasteiger charge is -2.16. The van der Waals surface area contributed by atoms with E-state index < -0.39 is 28.1 Å². The lowest BCUT2D eigenvalue weighted by molar-refractivity contribution is 0.0556. The molecule has 2 atom stereocenters. The number of hydrogen-bond acceptors (Lipinski definition) is 4. The molecule has 2 unspecified atom stereocenters. The van der Waals surface area contributed by atoms with Gasteiger partial charge in [-0.1, -0.05) is 0 Å². The van der Waals surface area contributed by atoms with Gasteiger partial charge in [0.25, 0.3) is 0 Å². The zero-order chi connectivity index (χ0) is 12.4. The van der Waals surface area contributed by atoms with Crippen LogP contribution in [0.15, 0.2) is 14.0 Å². The minimum absolute atomic E-state index is 0.0300. The van der Waals surface area contributed by atoms with Crippen molar-refractivity contribution in [2.75, 3.05) is 6.61 Å². The number of rotatable bonds is 2. The fourth-order valence-corrected chi connectivity index (χ4v) is 3.00. The third-order valence-corrected chi connectivity index (χ3v) is 4.08. The number of alkyl halides is 1. The van der Waals surface area contributed by atoms with Crippen LogP contribution >= 0.6 is 15.7 Å². The van der Waals surface area contributed by atoms with Crippen molar-refractivity contribution in [3.05, 3.63) is 0 Å². The van der Waals surface area contributed by atoms with Gasteiger partial charge in [-0.3, -0.25) is 0 Å². The van der Waals surface area contributed by atoms with Crippen molar-refractivity contribution in [3.8, 4) is 0 Å². The summed E-state index contributed by atoms with van der Waals surface area (Å²) in [5, 5.41) is 0. The molecule has 0 amide bonds. The van der Waals surface area contributed by atoms with Gasteiger partial charge in [0.2, 0.25) is 6.30 Å². The monoisotopic (exact) mass is 283 g/mol. The Labute approximate surface area is 88.6 Å². The second-order valence-electron chi connectivity index (χ2n) is 2.67. The van der Waals surface area contributed by atoms with Crippen molar-refractivity contribution in [2.45, 2.75) is 19.3 Å². The number of nitrogens with zero attached hydrogens (tertiary/aromatic N) is 3. The summed E-state index contributed by atoms with van der Waals surface area (Å²) in [6, 6.07) is 0. The lowest BCUT2D eigenvalue weighted by Crippen LogP contribution is -2.25. The third-order valence-electron chi connectivity index (χ3n) is 1.45. The number of halogens is 5. The Kier molecular flexibility index (Phi) is 4.26. The highest BCUT2D eigenvalue weighted by Crippen LogP contribution is 2.69. The van der Waals surface area contributed by atoms with Gasteiger partial charge in [-0.2, -0.15) is 9.51 Å². The first-order valence-corrected chi connectivity index (χ1v) is 7.06. The van der Waals surface area contributed by atoms with E-state index in [2.05, 4.69) is 14.2 Å². The fraction of sp³-hybridized carbons (Fsp3) is 0.800. The van der Waals surface area contributed by atoms with Crippen LogP contribution in [-0.2, 0) is 4.74 Å². The summed E-state index contributed by atoms with van der Waals surface area (Å²) < 4.78 is 75.6. The highest BCUT2D eigenvalue weighted by Gasteiger charge is 2.33. The van der Waals surface area contributed by atoms with Crippen molar-refractivity contribution in [1.29, 1.82) is 0 Å². The van der Waals surface area contributed by atoms with Gasteiger partial charge >= 0.3 is 15.7 Å². The Morgan fingerprint density at radius 3 is 2.44 bits per heavy atom. The lowest BCUT2D eigenvalue weighted by atomic mass is 10.4. The first-order valence-electron chi connectivity index (χ1n) is 4.11. The van der Waals surface area contributed by atoms with E-state index in [1.54, 1.807) is 0 Å². The van der Waals surface area contributed by atoms with Crippen LogP contribution in [0, 0.1) is 0 Å². The summed E-state index contributed by atoms with van der Waals surface area (Å²) in [6.07, 6.45) is -3.60. The van der Waals surface area contributed by atoms with Gasteiger partial charge in [-0.05, 0) is 6.92 Å². The van der Waals surface area contributed by atoms with Crippen LogP contribution in [0.5, 0.6) is 0 Å². The third kappa shape index (κ3) is 3.96. The SMILES string of the molecule is CCOC1/C=N/P(F)(F)=NP(F)(F)=NC1F. The zero-order valence-corrected chi connectivity index (χ0v) is 9.76. The summed E-state index contributed by atoms with van der Waals surface area (Å²) in [5.74, 6) is 0. The maximum atomic E-state index is 13.1. The van der Waals surface area contributed by atoms with Crippen molar-refractivity contribution in [2.24, 2.45) is 14.0 Å². The molecule has 4 nitrogen and oxygen atoms in total. The minimum Gasteiger partial charge on any atom is -0.368 e. The second kappa shape index (κ2) is 4.94. The van der Waals surface area contributed by atoms with Crippen LogP contribution in [0.1, 0.15) is 6.92 Å². The molecule has 0 saturated carbocycles. The van der Waals surface area contributed by atoms with Gasteiger partial charge in [0, 0.05) is 12.8 Å². The topological polar surface area (TPSA) is 46.3 Å². The highest BCUT2D eigenvalue weighted by atomic mass is 31.3. The Balaban J connectivity index is 3.17. The van der Waals surface area contributed by atoms with Crippen LogP contribution in [0.2, 0.25) is 0 Å². The summed E-state index contributed by atoms with van der Waals surface area (Å²) >= 11 is 0. The summed E-state index contributed by atoms with van der Waals surface area (Å²) in [4.78, 5) is 0. The highest BCUT2D eigenvalue weighted by molar-refractivity contribution is 7.66. The first kappa shape index (κ1) is 13.8. The van der Waals surface area contributed by atoms with Gasteiger partial charge < -0.3 is 4.74 Å². The molecule has 94 valence electrons. The van der Waals surface area contributed by atoms with E-state index in [1.807, 2.05) is 4.52 Å². The Hall–Kier alpha value is -0.260. The van der Waals surface area contributed by atoms with Crippen molar-refractivity contribution in [1.82, 2.24) is 0 Å². The van der Waals surface area contributed by atoms with Gasteiger partial charge in [0.05, 0.1) is 0 Å². The summed E-state index contributed by atoms with van der Waals surface area (Å²) in [6.45, 7) is 1.43. The van der Waals surface area contributed by atoms with E-state index in [0.717, 1.165) is 0 Å². The van der Waals surface area contributed by atoms with Gasteiger partial charge in [0.1, 0.15) is 6.10 Å². The van der Waals surface area contributed by atoms with E-state index in [1.165, 1.54) is 6.92 Å². The molecule has 1 aliphatic heterocycles. The molecule has 1 aliphatic rings. The maximum absolute atomic E-state index is 13.1. The molecule has 0 bridgehead atoms. The van der Waals surface area contributed by atoms with E-state index >= 15 is 0 Å². The van der Waals surface area contributed by atoms with Crippen LogP contribution in [0.3, 0.4) is 0 Å². The normalized spacial score (nSPS) is 34.1. The predicted octanol–water partition coefficient (Wildman–Crippen LogP) is 4.54. The van der Waals surface area contributed by atoms with E-state index in [0.29, 0.717) is 6.21 Å². The molecule has 0 aromatic rings. The largest absolute Gasteiger partial charge is 0.420 e. The molecule has 11 heteroatoms. The molecular formula is C5H8F5N3OP2. The molecule has 0 saturated heterocycles. The molecule has 0 aliphatic carbocycles. The molecule has 0 spiro atoms. The Bertz CT molecular complexity index is 388. The smallest absolute Gasteiger partial charge is 0.368 e. The van der Waals surface area contributed by atoms with E-state index in [4.69, 9.17) is 0 Å². The predicted molar refractivity (Wildman–Crippen MR) is 51.9 cm³/mol. The average molecular weight is 283 g/mol. The second-order valence-corrected chi connectivity index (χ2v) is 5.67. The first-order chi connectivity index (χ1) is 7.26. The molecule has 16 heavy (non-hydrogen) atoms. The van der Waals surface area contributed by atoms with Crippen LogP contribution < -0.4 is 0 Å². The molecule has 1 heterocycles. The maximum Gasteiger partial charge on any atom is 0.420 e. The zero-order valence-electron chi connectivity index (χ0n) is 7.97. The molecule has 0 fully saturated rings. The summed E-state index contributed by atoms with van der Waals surface area (Å²) in [7, 11) is -11.1. The van der Waals surface area contributed by atoms with Gasteiger partial charge in [-0.15, -0.1) is 21.3 Å². The molecule has 0 aromatic carbocycles.